The van der Waals surface area contributed by atoms with E-state index in [1.165, 1.54) is 116 Å². The molecule has 0 rings (SSSR count). The molecule has 0 aromatic heterocycles. The average Bonchev–Trinajstić information content (AvgIpc) is 2.80. The standard InChI is InChI=1S/C30H56O2/c1-3-5-7-9-11-13-15-16-17-19-21-23-25-27-29-32-30(31)28-26-24-22-20-18-14-12-10-8-6-4-2/h12-15H,3-11,16-29H2,1-2H3/b14-12-,15-13-. The molecular formula is C30H56O2. The van der Waals surface area contributed by atoms with E-state index in [2.05, 4.69) is 38.2 Å². The van der Waals surface area contributed by atoms with Crippen LogP contribution in [0, 0.1) is 0 Å². The van der Waals surface area contributed by atoms with Gasteiger partial charge in [0.25, 0.3) is 0 Å². The Morgan fingerprint density at radius 1 is 0.500 bits per heavy atom. The molecule has 32 heavy (non-hydrogen) atoms. The van der Waals surface area contributed by atoms with Crippen LogP contribution in [0.5, 0.6) is 0 Å². The van der Waals surface area contributed by atoms with Crippen LogP contribution in [0.2, 0.25) is 0 Å². The molecule has 0 saturated heterocycles. The molecule has 0 aliphatic rings. The number of ether oxygens (including phenoxy) is 1. The zero-order valence-corrected chi connectivity index (χ0v) is 21.9. The van der Waals surface area contributed by atoms with Gasteiger partial charge in [-0.1, -0.05) is 109 Å². The van der Waals surface area contributed by atoms with Crippen molar-refractivity contribution in [2.75, 3.05) is 6.61 Å². The summed E-state index contributed by atoms with van der Waals surface area (Å²) in [6, 6.07) is 0. The zero-order valence-electron chi connectivity index (χ0n) is 21.9. The monoisotopic (exact) mass is 448 g/mol. The first-order valence-corrected chi connectivity index (χ1v) is 14.3. The van der Waals surface area contributed by atoms with Crippen LogP contribution in [0.15, 0.2) is 24.3 Å². The summed E-state index contributed by atoms with van der Waals surface area (Å²) < 4.78 is 5.38. The highest BCUT2D eigenvalue weighted by molar-refractivity contribution is 5.69. The number of unbranched alkanes of at least 4 members (excludes halogenated alkanes) is 17. The predicted molar refractivity (Wildman–Crippen MR) is 142 cm³/mol. The van der Waals surface area contributed by atoms with Crippen LogP contribution in [0.1, 0.15) is 155 Å². The summed E-state index contributed by atoms with van der Waals surface area (Å²) in [5.41, 5.74) is 0. The van der Waals surface area contributed by atoms with Gasteiger partial charge >= 0.3 is 5.97 Å². The minimum Gasteiger partial charge on any atom is -0.466 e. The first-order chi connectivity index (χ1) is 15.8. The lowest BCUT2D eigenvalue weighted by atomic mass is 10.1. The van der Waals surface area contributed by atoms with E-state index >= 15 is 0 Å². The molecule has 0 aromatic rings. The van der Waals surface area contributed by atoms with Gasteiger partial charge in [-0.05, 0) is 64.2 Å². The topological polar surface area (TPSA) is 26.3 Å². The molecule has 0 aliphatic carbocycles. The normalized spacial score (nSPS) is 11.7. The summed E-state index contributed by atoms with van der Waals surface area (Å²) in [5.74, 6) is 0.00213. The molecule has 0 fully saturated rings. The first-order valence-electron chi connectivity index (χ1n) is 14.3. The summed E-state index contributed by atoms with van der Waals surface area (Å²) in [6.45, 7) is 5.13. The zero-order chi connectivity index (χ0) is 23.4. The summed E-state index contributed by atoms with van der Waals surface area (Å²) >= 11 is 0. The van der Waals surface area contributed by atoms with E-state index in [4.69, 9.17) is 4.74 Å². The van der Waals surface area contributed by atoms with Gasteiger partial charge < -0.3 is 4.74 Å². The Labute approximate surface area is 201 Å². The SMILES string of the molecule is CCCCC/C=C\CCCCCCC(=O)OCCCCCCCC/C=C\CCCCCC. The van der Waals surface area contributed by atoms with Crippen LogP contribution >= 0.6 is 0 Å². The molecule has 0 spiro atoms. The number of esters is 1. The third kappa shape index (κ3) is 27.0. The van der Waals surface area contributed by atoms with E-state index < -0.39 is 0 Å². The third-order valence-electron chi connectivity index (χ3n) is 6.06. The molecule has 0 N–H and O–H groups in total. The van der Waals surface area contributed by atoms with Crippen LogP contribution in [-0.4, -0.2) is 12.6 Å². The molecule has 0 radical (unpaired) electrons. The molecule has 0 aromatic carbocycles. The van der Waals surface area contributed by atoms with Crippen molar-refractivity contribution in [2.24, 2.45) is 0 Å². The lowest BCUT2D eigenvalue weighted by Crippen LogP contribution is -2.05. The van der Waals surface area contributed by atoms with E-state index in [1.807, 2.05) is 0 Å². The Hall–Kier alpha value is -1.05. The van der Waals surface area contributed by atoms with Gasteiger partial charge in [-0.2, -0.15) is 0 Å². The molecule has 0 aliphatic heterocycles. The maximum absolute atomic E-state index is 11.8. The Morgan fingerprint density at radius 2 is 0.875 bits per heavy atom. The minimum absolute atomic E-state index is 0.00213. The van der Waals surface area contributed by atoms with Crippen molar-refractivity contribution < 1.29 is 9.53 Å². The number of allylic oxidation sites excluding steroid dienone is 4. The summed E-state index contributed by atoms with van der Waals surface area (Å²) in [6.07, 6.45) is 36.4. The fourth-order valence-electron chi connectivity index (χ4n) is 3.89. The number of carbonyl (C=O) groups excluding carboxylic acids is 1. The van der Waals surface area contributed by atoms with E-state index in [0.29, 0.717) is 13.0 Å². The molecule has 188 valence electrons. The van der Waals surface area contributed by atoms with E-state index in [-0.39, 0.29) is 5.97 Å². The summed E-state index contributed by atoms with van der Waals surface area (Å²) in [4.78, 5) is 11.8. The van der Waals surface area contributed by atoms with E-state index in [0.717, 1.165) is 19.3 Å². The molecule has 2 heteroatoms. The van der Waals surface area contributed by atoms with Crippen molar-refractivity contribution in [1.29, 1.82) is 0 Å². The Kier molecular flexibility index (Phi) is 27.1. The Bertz CT molecular complexity index is 425. The van der Waals surface area contributed by atoms with Crippen LogP contribution in [0.4, 0.5) is 0 Å². The largest absolute Gasteiger partial charge is 0.466 e. The van der Waals surface area contributed by atoms with Gasteiger partial charge in [0.2, 0.25) is 0 Å². The molecule has 0 atom stereocenters. The quantitative estimate of drug-likeness (QED) is 0.0788. The average molecular weight is 449 g/mol. The van der Waals surface area contributed by atoms with E-state index in [1.54, 1.807) is 0 Å². The van der Waals surface area contributed by atoms with Gasteiger partial charge in [0.15, 0.2) is 0 Å². The first kappa shape index (κ1) is 30.9. The fourth-order valence-corrected chi connectivity index (χ4v) is 3.89. The lowest BCUT2D eigenvalue weighted by molar-refractivity contribution is -0.143. The van der Waals surface area contributed by atoms with Crippen molar-refractivity contribution in [2.45, 2.75) is 155 Å². The van der Waals surface area contributed by atoms with Crippen molar-refractivity contribution >= 4 is 5.97 Å². The van der Waals surface area contributed by atoms with Gasteiger partial charge in [0.05, 0.1) is 6.61 Å². The Morgan fingerprint density at radius 3 is 1.41 bits per heavy atom. The molecule has 0 unspecified atom stereocenters. The second-order valence-corrected chi connectivity index (χ2v) is 9.37. The summed E-state index contributed by atoms with van der Waals surface area (Å²) in [5, 5.41) is 0. The number of carbonyl (C=O) groups is 1. The second kappa shape index (κ2) is 28.0. The molecule has 2 nitrogen and oxygen atoms in total. The van der Waals surface area contributed by atoms with Crippen LogP contribution in [0.3, 0.4) is 0 Å². The molecule has 0 amide bonds. The van der Waals surface area contributed by atoms with Gasteiger partial charge in [-0.25, -0.2) is 0 Å². The molecule has 0 saturated carbocycles. The van der Waals surface area contributed by atoms with Crippen LogP contribution in [0.25, 0.3) is 0 Å². The fraction of sp³-hybridized carbons (Fsp3) is 0.833. The summed E-state index contributed by atoms with van der Waals surface area (Å²) in [7, 11) is 0. The van der Waals surface area contributed by atoms with Gasteiger partial charge in [0, 0.05) is 6.42 Å². The van der Waals surface area contributed by atoms with E-state index in [9.17, 15) is 4.79 Å². The number of hydrogen-bond donors (Lipinski definition) is 0. The maximum atomic E-state index is 11.8. The highest BCUT2D eigenvalue weighted by atomic mass is 16.5. The van der Waals surface area contributed by atoms with Crippen molar-refractivity contribution in [3.8, 4) is 0 Å². The third-order valence-corrected chi connectivity index (χ3v) is 6.06. The van der Waals surface area contributed by atoms with Crippen molar-refractivity contribution in [1.82, 2.24) is 0 Å². The predicted octanol–water partition coefficient (Wildman–Crippen LogP) is 10.3. The molecular weight excluding hydrogens is 392 g/mol. The minimum atomic E-state index is 0.00213. The Balaban J connectivity index is 3.23. The van der Waals surface area contributed by atoms with Crippen molar-refractivity contribution in [3.05, 3.63) is 24.3 Å². The molecule has 0 heterocycles. The number of rotatable bonds is 25. The number of hydrogen-bond acceptors (Lipinski definition) is 2. The van der Waals surface area contributed by atoms with Crippen LogP contribution < -0.4 is 0 Å². The highest BCUT2D eigenvalue weighted by Crippen LogP contribution is 2.10. The smallest absolute Gasteiger partial charge is 0.305 e. The van der Waals surface area contributed by atoms with Gasteiger partial charge in [-0.3, -0.25) is 4.79 Å². The van der Waals surface area contributed by atoms with Gasteiger partial charge in [-0.15, -0.1) is 0 Å². The second-order valence-electron chi connectivity index (χ2n) is 9.37. The highest BCUT2D eigenvalue weighted by Gasteiger charge is 2.02. The van der Waals surface area contributed by atoms with Gasteiger partial charge in [0.1, 0.15) is 0 Å². The maximum Gasteiger partial charge on any atom is 0.305 e. The molecule has 0 bridgehead atoms. The van der Waals surface area contributed by atoms with Crippen LogP contribution in [-0.2, 0) is 9.53 Å². The van der Waals surface area contributed by atoms with Crippen molar-refractivity contribution in [3.63, 3.8) is 0 Å². The lowest BCUT2D eigenvalue weighted by Gasteiger charge is -2.05.